The van der Waals surface area contributed by atoms with Gasteiger partial charge in [-0.05, 0) is 51.3 Å². The number of furan rings is 1. The lowest BCUT2D eigenvalue weighted by Crippen LogP contribution is -2.30. The van der Waals surface area contributed by atoms with Gasteiger partial charge in [0.2, 0.25) is 5.91 Å². The van der Waals surface area contributed by atoms with Crippen molar-refractivity contribution < 1.29 is 13.9 Å². The predicted octanol–water partition coefficient (Wildman–Crippen LogP) is 4.38. The Bertz CT molecular complexity index is 756. The van der Waals surface area contributed by atoms with Crippen LogP contribution in [0.5, 0.6) is 5.75 Å². The lowest BCUT2D eigenvalue weighted by Gasteiger charge is -2.14. The largest absolute Gasteiger partial charge is 0.496 e. The Hall–Kier alpha value is -2.23. The van der Waals surface area contributed by atoms with E-state index in [4.69, 9.17) is 9.15 Å². The number of nitrogens with one attached hydrogen (secondary N) is 1. The summed E-state index contributed by atoms with van der Waals surface area (Å²) in [5, 5.41) is 4.00. The van der Waals surface area contributed by atoms with Gasteiger partial charge in [-0.25, -0.2) is 0 Å². The summed E-state index contributed by atoms with van der Waals surface area (Å²) in [5.74, 6) is 0.664. The molecular weight excluding hydrogens is 290 g/mol. The Balaban J connectivity index is 2.49. The minimum absolute atomic E-state index is 0.0828. The molecule has 1 N–H and O–H groups in total. The smallest absolute Gasteiger partial charge is 0.244 e. The maximum Gasteiger partial charge on any atom is 0.244 e. The van der Waals surface area contributed by atoms with Crippen molar-refractivity contribution in [3.63, 3.8) is 0 Å². The van der Waals surface area contributed by atoms with E-state index in [0.717, 1.165) is 45.4 Å². The second kappa shape index (κ2) is 6.90. The van der Waals surface area contributed by atoms with Gasteiger partial charge in [0.25, 0.3) is 0 Å². The summed E-state index contributed by atoms with van der Waals surface area (Å²) < 4.78 is 11.2. The Kier molecular flexibility index (Phi) is 5.14. The molecule has 124 valence electrons. The molecule has 0 aliphatic carbocycles. The van der Waals surface area contributed by atoms with Crippen LogP contribution >= 0.6 is 0 Å². The first-order valence-electron chi connectivity index (χ1n) is 7.93. The molecule has 1 aromatic heterocycles. The summed E-state index contributed by atoms with van der Waals surface area (Å²) in [5.41, 5.74) is 4.64. The summed E-state index contributed by atoms with van der Waals surface area (Å²) >= 11 is 0. The van der Waals surface area contributed by atoms with E-state index in [1.165, 1.54) is 0 Å². The van der Waals surface area contributed by atoms with Crippen molar-refractivity contribution in [1.29, 1.82) is 0 Å². The van der Waals surface area contributed by atoms with Crippen LogP contribution in [0.3, 0.4) is 0 Å². The van der Waals surface area contributed by atoms with E-state index in [1.54, 1.807) is 19.4 Å². The van der Waals surface area contributed by atoms with Gasteiger partial charge in [-0.15, -0.1) is 0 Å². The van der Waals surface area contributed by atoms with Crippen molar-refractivity contribution >= 4 is 22.4 Å². The van der Waals surface area contributed by atoms with Crippen LogP contribution in [0.15, 0.2) is 22.8 Å². The number of aryl methyl sites for hydroxylation is 2. The fraction of sp³-hybridized carbons (Fsp3) is 0.421. The van der Waals surface area contributed by atoms with E-state index in [1.807, 2.05) is 40.7 Å². The number of rotatable bonds is 5. The first-order chi connectivity index (χ1) is 10.9. The van der Waals surface area contributed by atoms with Crippen molar-refractivity contribution in [1.82, 2.24) is 5.32 Å². The standard InChI is InChI=1S/C19H25NO3/c1-7-13(4)20-17(21)8-11(2)15-9-16-12(3)10-23-19(16)14(5)18(15)22-6/h8-10,13H,7H2,1-6H3,(H,20,21)/b11-8+. The third-order valence-electron chi connectivity index (χ3n) is 4.22. The average molecular weight is 315 g/mol. The highest BCUT2D eigenvalue weighted by Gasteiger charge is 2.16. The molecule has 0 fully saturated rings. The maximum atomic E-state index is 12.1. The molecule has 0 aliphatic rings. The maximum absolute atomic E-state index is 12.1. The third kappa shape index (κ3) is 3.41. The second-order valence-electron chi connectivity index (χ2n) is 6.02. The third-order valence-corrected chi connectivity index (χ3v) is 4.22. The van der Waals surface area contributed by atoms with E-state index in [-0.39, 0.29) is 11.9 Å². The van der Waals surface area contributed by atoms with Crippen molar-refractivity contribution in [2.45, 2.75) is 47.1 Å². The number of hydrogen-bond acceptors (Lipinski definition) is 3. The van der Waals surface area contributed by atoms with Crippen LogP contribution in [0.1, 0.15) is 43.9 Å². The molecule has 0 bridgehead atoms. The zero-order chi connectivity index (χ0) is 17.1. The SMILES string of the molecule is CCC(C)NC(=O)/C=C(\C)c1cc2c(C)coc2c(C)c1OC. The molecule has 4 heteroatoms. The van der Waals surface area contributed by atoms with Crippen molar-refractivity contribution in [2.75, 3.05) is 7.11 Å². The molecule has 0 spiro atoms. The quantitative estimate of drug-likeness (QED) is 0.833. The summed E-state index contributed by atoms with van der Waals surface area (Å²) in [6, 6.07) is 2.19. The number of methoxy groups -OCH3 is 1. The summed E-state index contributed by atoms with van der Waals surface area (Å²) in [6.45, 7) is 9.95. The summed E-state index contributed by atoms with van der Waals surface area (Å²) in [7, 11) is 1.64. The molecule has 0 aliphatic heterocycles. The fourth-order valence-electron chi connectivity index (χ4n) is 2.66. The highest BCUT2D eigenvalue weighted by atomic mass is 16.5. The highest BCUT2D eigenvalue weighted by molar-refractivity contribution is 5.98. The van der Waals surface area contributed by atoms with Crippen LogP contribution < -0.4 is 10.1 Å². The monoisotopic (exact) mass is 315 g/mol. The molecule has 23 heavy (non-hydrogen) atoms. The van der Waals surface area contributed by atoms with Crippen LogP contribution in [-0.2, 0) is 4.79 Å². The Morgan fingerprint density at radius 3 is 2.74 bits per heavy atom. The lowest BCUT2D eigenvalue weighted by molar-refractivity contribution is -0.117. The minimum Gasteiger partial charge on any atom is -0.496 e. The predicted molar refractivity (Wildman–Crippen MR) is 93.8 cm³/mol. The van der Waals surface area contributed by atoms with Gasteiger partial charge >= 0.3 is 0 Å². The van der Waals surface area contributed by atoms with Crippen LogP contribution in [0.4, 0.5) is 0 Å². The Morgan fingerprint density at radius 1 is 1.43 bits per heavy atom. The number of ether oxygens (including phenoxy) is 1. The van der Waals surface area contributed by atoms with Crippen molar-refractivity contribution in [2.24, 2.45) is 0 Å². The van der Waals surface area contributed by atoms with Crippen molar-refractivity contribution in [3.8, 4) is 5.75 Å². The fourth-order valence-corrected chi connectivity index (χ4v) is 2.66. The van der Waals surface area contributed by atoms with E-state index >= 15 is 0 Å². The molecule has 2 aromatic rings. The lowest BCUT2D eigenvalue weighted by atomic mass is 9.98. The number of allylic oxidation sites excluding steroid dienone is 1. The van der Waals surface area contributed by atoms with Crippen LogP contribution in [0.25, 0.3) is 16.5 Å². The molecule has 2 rings (SSSR count). The zero-order valence-corrected chi connectivity index (χ0v) is 14.7. The van der Waals surface area contributed by atoms with Gasteiger partial charge in [0, 0.05) is 28.6 Å². The van der Waals surface area contributed by atoms with Gasteiger partial charge in [0.05, 0.1) is 13.4 Å². The number of benzene rings is 1. The number of amides is 1. The van der Waals surface area contributed by atoms with Crippen LogP contribution in [0, 0.1) is 13.8 Å². The number of carbonyl (C=O) groups is 1. The van der Waals surface area contributed by atoms with Gasteiger partial charge in [-0.3, -0.25) is 4.79 Å². The number of carbonyl (C=O) groups excluding carboxylic acids is 1. The minimum atomic E-state index is -0.0828. The van der Waals surface area contributed by atoms with Gasteiger partial charge in [0.15, 0.2) is 0 Å². The van der Waals surface area contributed by atoms with Gasteiger partial charge in [-0.2, -0.15) is 0 Å². The Morgan fingerprint density at radius 2 is 2.13 bits per heavy atom. The molecule has 0 saturated carbocycles. The molecule has 4 nitrogen and oxygen atoms in total. The van der Waals surface area contributed by atoms with Gasteiger partial charge in [-0.1, -0.05) is 6.92 Å². The molecule has 0 radical (unpaired) electrons. The summed E-state index contributed by atoms with van der Waals surface area (Å²) in [6.07, 6.45) is 4.28. The van der Waals surface area contributed by atoms with E-state index in [2.05, 4.69) is 5.32 Å². The number of fused-ring (bicyclic) bond motifs is 1. The molecule has 1 aromatic carbocycles. The highest BCUT2D eigenvalue weighted by Crippen LogP contribution is 2.37. The average Bonchev–Trinajstić information content (AvgIpc) is 2.88. The first-order valence-corrected chi connectivity index (χ1v) is 7.93. The molecule has 1 unspecified atom stereocenters. The number of hydrogen-bond donors (Lipinski definition) is 1. The van der Waals surface area contributed by atoms with E-state index in [0.29, 0.717) is 0 Å². The second-order valence-corrected chi connectivity index (χ2v) is 6.02. The van der Waals surface area contributed by atoms with E-state index in [9.17, 15) is 4.79 Å². The molecule has 1 amide bonds. The topological polar surface area (TPSA) is 51.5 Å². The van der Waals surface area contributed by atoms with Crippen molar-refractivity contribution in [3.05, 3.63) is 35.1 Å². The summed E-state index contributed by atoms with van der Waals surface area (Å²) in [4.78, 5) is 12.1. The normalized spacial score (nSPS) is 13.2. The Labute approximate surface area is 137 Å². The molecule has 1 atom stereocenters. The molecule has 0 saturated heterocycles. The van der Waals surface area contributed by atoms with Crippen LogP contribution in [0.2, 0.25) is 0 Å². The first kappa shape index (κ1) is 17.1. The molecular formula is C19H25NO3. The van der Waals surface area contributed by atoms with Gasteiger partial charge < -0.3 is 14.5 Å². The van der Waals surface area contributed by atoms with Gasteiger partial charge in [0.1, 0.15) is 11.3 Å². The molecule has 1 heterocycles. The zero-order valence-electron chi connectivity index (χ0n) is 14.7. The van der Waals surface area contributed by atoms with E-state index < -0.39 is 0 Å². The van der Waals surface area contributed by atoms with Crippen LogP contribution in [-0.4, -0.2) is 19.1 Å².